The first-order valence-corrected chi connectivity index (χ1v) is 9.11. The Morgan fingerprint density at radius 3 is 2.76 bits per heavy atom. The van der Waals surface area contributed by atoms with Gasteiger partial charge in [-0.25, -0.2) is 0 Å². The molecular weight excluding hydrogens is 372 g/mol. The van der Waals surface area contributed by atoms with Gasteiger partial charge in [-0.15, -0.1) is 0 Å². The van der Waals surface area contributed by atoms with Gasteiger partial charge in [0.25, 0.3) is 5.91 Å². The van der Waals surface area contributed by atoms with E-state index in [9.17, 15) is 9.90 Å². The minimum atomic E-state index is -0.507. The number of phenolic OH excluding ortho intramolecular Hbond substituents is 1. The Morgan fingerprint density at radius 2 is 1.90 bits per heavy atom. The second-order valence-corrected chi connectivity index (χ2v) is 6.74. The number of nitrogens with one attached hydrogen (secondary N) is 1. The summed E-state index contributed by atoms with van der Waals surface area (Å²) in [4.78, 5) is 15.1. The number of rotatable bonds is 3. The third-order valence-corrected chi connectivity index (χ3v) is 5.08. The first-order valence-electron chi connectivity index (χ1n) is 9.11. The quantitative estimate of drug-likeness (QED) is 0.706. The zero-order valence-electron chi connectivity index (χ0n) is 15.6. The molecule has 0 aromatic heterocycles. The van der Waals surface area contributed by atoms with E-state index in [0.29, 0.717) is 28.5 Å². The van der Waals surface area contributed by atoms with Gasteiger partial charge in [-0.2, -0.15) is 0 Å². The van der Waals surface area contributed by atoms with Crippen LogP contribution in [0.2, 0.25) is 0 Å². The maximum Gasteiger partial charge on any atom is 0.262 e. The standard InChI is InChI=1S/C22H18N2O5/c1-27-19-10-13(6-8-17(19)25)21-23-16-5-3-2-4-15(16)22(26)24(21)14-7-9-18-20(11-14)29-12-28-18/h2-11,21,23,25H,12H2,1H3/t21-/m0/s1. The number of amides is 1. The molecule has 1 atom stereocenters. The smallest absolute Gasteiger partial charge is 0.262 e. The molecular formula is C22H18N2O5. The lowest BCUT2D eigenvalue weighted by Crippen LogP contribution is -2.43. The second-order valence-electron chi connectivity index (χ2n) is 6.74. The lowest BCUT2D eigenvalue weighted by molar-refractivity contribution is 0.0975. The van der Waals surface area contributed by atoms with Gasteiger partial charge in [-0.1, -0.05) is 18.2 Å². The molecule has 146 valence electrons. The molecule has 29 heavy (non-hydrogen) atoms. The van der Waals surface area contributed by atoms with Crippen molar-refractivity contribution in [3.05, 3.63) is 71.8 Å². The summed E-state index contributed by atoms with van der Waals surface area (Å²) in [6.45, 7) is 0.159. The van der Waals surface area contributed by atoms with Gasteiger partial charge in [-0.3, -0.25) is 9.69 Å². The van der Waals surface area contributed by atoms with Crippen LogP contribution in [0.5, 0.6) is 23.0 Å². The van der Waals surface area contributed by atoms with Crippen molar-refractivity contribution >= 4 is 17.3 Å². The number of phenols is 1. The molecule has 5 rings (SSSR count). The maximum absolute atomic E-state index is 13.5. The van der Waals surface area contributed by atoms with E-state index < -0.39 is 6.17 Å². The number of carbonyl (C=O) groups is 1. The molecule has 1 amide bonds. The highest BCUT2D eigenvalue weighted by atomic mass is 16.7. The van der Waals surface area contributed by atoms with Crippen LogP contribution >= 0.6 is 0 Å². The fraction of sp³-hybridized carbons (Fsp3) is 0.136. The van der Waals surface area contributed by atoms with E-state index in [4.69, 9.17) is 14.2 Å². The fourth-order valence-electron chi connectivity index (χ4n) is 3.65. The Bertz CT molecular complexity index is 1110. The number of benzene rings is 3. The second kappa shape index (κ2) is 6.63. The summed E-state index contributed by atoms with van der Waals surface area (Å²) >= 11 is 0. The number of carbonyl (C=O) groups excluding carboxylic acids is 1. The van der Waals surface area contributed by atoms with Crippen molar-refractivity contribution in [2.24, 2.45) is 0 Å². The Hall–Kier alpha value is -3.87. The Kier molecular flexibility index (Phi) is 3.94. The zero-order valence-corrected chi connectivity index (χ0v) is 15.6. The molecule has 2 heterocycles. The summed E-state index contributed by atoms with van der Waals surface area (Å²) in [5, 5.41) is 13.4. The maximum atomic E-state index is 13.5. The number of hydrogen-bond acceptors (Lipinski definition) is 6. The average molecular weight is 390 g/mol. The summed E-state index contributed by atoms with van der Waals surface area (Å²) in [5.74, 6) is 1.47. The van der Waals surface area contributed by atoms with E-state index in [2.05, 4.69) is 5.32 Å². The van der Waals surface area contributed by atoms with Gasteiger partial charge in [0.15, 0.2) is 23.0 Å². The summed E-state index contributed by atoms with van der Waals surface area (Å²) < 4.78 is 16.1. The molecule has 0 unspecified atom stereocenters. The molecule has 0 radical (unpaired) electrons. The number of hydrogen-bond donors (Lipinski definition) is 2. The van der Waals surface area contributed by atoms with Gasteiger partial charge in [0.1, 0.15) is 6.17 Å². The molecule has 7 nitrogen and oxygen atoms in total. The van der Waals surface area contributed by atoms with Crippen LogP contribution in [0.15, 0.2) is 60.7 Å². The SMILES string of the molecule is COc1cc([C@H]2Nc3ccccc3C(=O)N2c2ccc3c(c2)OCO3)ccc1O. The average Bonchev–Trinajstić information content (AvgIpc) is 3.22. The van der Waals surface area contributed by atoms with Crippen LogP contribution in [0.3, 0.4) is 0 Å². The summed E-state index contributed by atoms with van der Waals surface area (Å²) in [7, 11) is 1.49. The molecule has 0 saturated carbocycles. The third-order valence-electron chi connectivity index (χ3n) is 5.08. The largest absolute Gasteiger partial charge is 0.504 e. The molecule has 7 heteroatoms. The summed E-state index contributed by atoms with van der Waals surface area (Å²) in [5.41, 5.74) is 2.75. The molecule has 2 aliphatic heterocycles. The number of nitrogens with zero attached hydrogens (tertiary/aromatic N) is 1. The number of aromatic hydroxyl groups is 1. The van der Waals surface area contributed by atoms with Gasteiger partial charge < -0.3 is 24.6 Å². The van der Waals surface area contributed by atoms with Gasteiger partial charge in [-0.05, 0) is 42.0 Å². The van der Waals surface area contributed by atoms with Crippen molar-refractivity contribution in [2.45, 2.75) is 6.17 Å². The Morgan fingerprint density at radius 1 is 1.07 bits per heavy atom. The van der Waals surface area contributed by atoms with Crippen LogP contribution in [0, 0.1) is 0 Å². The van der Waals surface area contributed by atoms with Crippen LogP contribution in [0.1, 0.15) is 22.1 Å². The van der Waals surface area contributed by atoms with E-state index in [0.717, 1.165) is 11.3 Å². The minimum Gasteiger partial charge on any atom is -0.504 e. The van der Waals surface area contributed by atoms with E-state index >= 15 is 0 Å². The molecule has 0 bridgehead atoms. The molecule has 0 saturated heterocycles. The molecule has 2 N–H and O–H groups in total. The van der Waals surface area contributed by atoms with Crippen molar-refractivity contribution in [1.29, 1.82) is 0 Å². The molecule has 2 aliphatic rings. The van der Waals surface area contributed by atoms with Crippen LogP contribution in [0.4, 0.5) is 11.4 Å². The monoisotopic (exact) mass is 390 g/mol. The fourth-order valence-corrected chi connectivity index (χ4v) is 3.65. The molecule has 0 aliphatic carbocycles. The van der Waals surface area contributed by atoms with Gasteiger partial charge in [0.05, 0.1) is 18.4 Å². The normalized spacial score (nSPS) is 16.9. The van der Waals surface area contributed by atoms with Crippen molar-refractivity contribution in [1.82, 2.24) is 0 Å². The lowest BCUT2D eigenvalue weighted by atomic mass is 10.0. The highest BCUT2D eigenvalue weighted by Gasteiger charge is 2.35. The highest BCUT2D eigenvalue weighted by molar-refractivity contribution is 6.12. The van der Waals surface area contributed by atoms with E-state index in [-0.39, 0.29) is 18.4 Å². The van der Waals surface area contributed by atoms with Crippen molar-refractivity contribution < 1.29 is 24.1 Å². The number of ether oxygens (including phenoxy) is 3. The van der Waals surface area contributed by atoms with Gasteiger partial charge in [0, 0.05) is 11.8 Å². The number of fused-ring (bicyclic) bond motifs is 2. The third kappa shape index (κ3) is 2.79. The summed E-state index contributed by atoms with van der Waals surface area (Å²) in [6, 6.07) is 17.8. The van der Waals surface area contributed by atoms with E-state index in [1.807, 2.05) is 24.3 Å². The van der Waals surface area contributed by atoms with E-state index in [1.54, 1.807) is 41.3 Å². The Balaban J connectivity index is 1.65. The summed E-state index contributed by atoms with van der Waals surface area (Å²) in [6.07, 6.45) is -0.507. The first-order chi connectivity index (χ1) is 14.2. The van der Waals surface area contributed by atoms with Crippen LogP contribution in [0.25, 0.3) is 0 Å². The van der Waals surface area contributed by atoms with Crippen molar-refractivity contribution in [3.63, 3.8) is 0 Å². The number of methoxy groups -OCH3 is 1. The van der Waals surface area contributed by atoms with Gasteiger partial charge >= 0.3 is 0 Å². The number of para-hydroxylation sites is 1. The topological polar surface area (TPSA) is 80.3 Å². The predicted octanol–water partition coefficient (Wildman–Crippen LogP) is 3.90. The molecule has 0 fully saturated rings. The zero-order chi connectivity index (χ0) is 20.0. The minimum absolute atomic E-state index is 0.0356. The number of anilines is 2. The Labute approximate surface area is 167 Å². The van der Waals surface area contributed by atoms with Crippen LogP contribution in [-0.2, 0) is 0 Å². The lowest BCUT2D eigenvalue weighted by Gasteiger charge is -2.38. The van der Waals surface area contributed by atoms with Crippen LogP contribution in [-0.4, -0.2) is 24.9 Å². The molecule has 3 aromatic rings. The molecule has 3 aromatic carbocycles. The highest BCUT2D eigenvalue weighted by Crippen LogP contribution is 2.42. The van der Waals surface area contributed by atoms with Gasteiger partial charge in [0.2, 0.25) is 6.79 Å². The predicted molar refractivity (Wildman–Crippen MR) is 107 cm³/mol. The first kappa shape index (κ1) is 17.2. The van der Waals surface area contributed by atoms with Crippen LogP contribution < -0.4 is 24.4 Å². The van der Waals surface area contributed by atoms with Crippen molar-refractivity contribution in [2.75, 3.05) is 24.1 Å². The van der Waals surface area contributed by atoms with E-state index in [1.165, 1.54) is 7.11 Å². The van der Waals surface area contributed by atoms with Crippen molar-refractivity contribution in [3.8, 4) is 23.0 Å². The molecule has 0 spiro atoms.